The topological polar surface area (TPSA) is 63.7 Å². The fourth-order valence-electron chi connectivity index (χ4n) is 2.20. The predicted molar refractivity (Wildman–Crippen MR) is 91.6 cm³/mol. The molecule has 120 valence electrons. The number of carbonyl (C=O) groups is 3. The minimum atomic E-state index is -0.615. The zero-order valence-electron chi connectivity index (χ0n) is 12.8. The van der Waals surface area contributed by atoms with Gasteiger partial charge in [-0.2, -0.15) is 0 Å². The van der Waals surface area contributed by atoms with Crippen molar-refractivity contribution >= 4 is 34.9 Å². The van der Waals surface area contributed by atoms with Gasteiger partial charge in [-0.3, -0.25) is 14.4 Å². The van der Waals surface area contributed by atoms with Gasteiger partial charge in [0.25, 0.3) is 11.8 Å². The first-order chi connectivity index (χ1) is 11.6. The summed E-state index contributed by atoms with van der Waals surface area (Å²) in [7, 11) is 1.57. The smallest absolute Gasteiger partial charge is 0.300 e. The van der Waals surface area contributed by atoms with Crippen LogP contribution in [0.15, 0.2) is 59.5 Å². The maximum atomic E-state index is 12.4. The van der Waals surface area contributed by atoms with Gasteiger partial charge in [-0.05, 0) is 47.7 Å². The molecule has 6 heteroatoms. The van der Waals surface area contributed by atoms with Crippen molar-refractivity contribution in [1.82, 2.24) is 4.90 Å². The van der Waals surface area contributed by atoms with Crippen molar-refractivity contribution in [2.24, 2.45) is 0 Å². The molecule has 2 aromatic rings. The number of thioether (sulfide) groups is 1. The number of ether oxygens (including phenoxy) is 1. The summed E-state index contributed by atoms with van der Waals surface area (Å²) in [6.45, 7) is 0. The summed E-state index contributed by atoms with van der Waals surface area (Å²) in [6.07, 6.45) is 1.59. The molecule has 2 aromatic carbocycles. The Morgan fingerprint density at radius 2 is 1.71 bits per heavy atom. The van der Waals surface area contributed by atoms with Gasteiger partial charge in [-0.25, -0.2) is 4.90 Å². The highest BCUT2D eigenvalue weighted by molar-refractivity contribution is 8.18. The molecule has 0 aliphatic carbocycles. The van der Waals surface area contributed by atoms with E-state index >= 15 is 0 Å². The fourth-order valence-corrected chi connectivity index (χ4v) is 3.02. The van der Waals surface area contributed by atoms with Gasteiger partial charge in [-0.15, -0.1) is 0 Å². The van der Waals surface area contributed by atoms with Crippen molar-refractivity contribution in [1.29, 1.82) is 0 Å². The number of hydrogen-bond acceptors (Lipinski definition) is 5. The molecule has 0 atom stereocenters. The highest BCUT2D eigenvalue weighted by Gasteiger charge is 2.40. The van der Waals surface area contributed by atoms with Gasteiger partial charge in [0.05, 0.1) is 12.0 Å². The van der Waals surface area contributed by atoms with E-state index in [-0.39, 0.29) is 4.91 Å². The van der Waals surface area contributed by atoms with Gasteiger partial charge in [0.1, 0.15) is 5.75 Å². The normalized spacial score (nSPS) is 15.9. The third-order valence-corrected chi connectivity index (χ3v) is 4.30. The third kappa shape index (κ3) is 3.09. The molecule has 0 unspecified atom stereocenters. The van der Waals surface area contributed by atoms with Crippen LogP contribution in [0, 0.1) is 0 Å². The summed E-state index contributed by atoms with van der Waals surface area (Å²) < 4.78 is 5.08. The van der Waals surface area contributed by atoms with Crippen LogP contribution in [0.1, 0.15) is 15.9 Å². The Morgan fingerprint density at radius 3 is 2.33 bits per heavy atom. The molecule has 1 fully saturated rings. The molecular weight excluding hydrogens is 326 g/mol. The van der Waals surface area contributed by atoms with Crippen LogP contribution in [-0.2, 0) is 4.79 Å². The molecule has 0 radical (unpaired) electrons. The van der Waals surface area contributed by atoms with Crippen molar-refractivity contribution in [2.45, 2.75) is 0 Å². The van der Waals surface area contributed by atoms with E-state index in [4.69, 9.17) is 4.74 Å². The Labute approximate surface area is 142 Å². The summed E-state index contributed by atoms with van der Waals surface area (Å²) >= 11 is 0.756. The Bertz CT molecular complexity index is 828. The van der Waals surface area contributed by atoms with Crippen molar-refractivity contribution in [3.63, 3.8) is 0 Å². The molecule has 24 heavy (non-hydrogen) atoms. The van der Waals surface area contributed by atoms with E-state index in [0.717, 1.165) is 17.3 Å². The van der Waals surface area contributed by atoms with E-state index < -0.39 is 17.1 Å². The maximum absolute atomic E-state index is 12.4. The number of carbonyl (C=O) groups excluding carboxylic acids is 3. The van der Waals surface area contributed by atoms with Gasteiger partial charge in [0, 0.05) is 5.56 Å². The van der Waals surface area contributed by atoms with E-state index in [1.807, 2.05) is 0 Å². The van der Waals surface area contributed by atoms with E-state index in [2.05, 4.69) is 0 Å². The Balaban J connectivity index is 1.85. The van der Waals surface area contributed by atoms with Crippen LogP contribution in [0.25, 0.3) is 6.08 Å². The highest BCUT2D eigenvalue weighted by atomic mass is 32.2. The second-order valence-corrected chi connectivity index (χ2v) is 5.95. The molecule has 0 bridgehead atoms. The molecule has 1 saturated heterocycles. The van der Waals surface area contributed by atoms with Crippen molar-refractivity contribution in [3.05, 3.63) is 70.6 Å². The SMILES string of the molecule is COc1ccc(/C=C2/SC(=O)N(C(=O)c3ccccc3)C2=O)cc1. The zero-order chi connectivity index (χ0) is 17.1. The number of methoxy groups -OCH3 is 1. The largest absolute Gasteiger partial charge is 0.497 e. The standard InChI is InChI=1S/C18H13NO4S/c1-23-14-9-7-12(8-10-14)11-15-17(21)19(18(22)24-15)16(20)13-5-3-2-4-6-13/h2-11H,1H3/b15-11+. The predicted octanol–water partition coefficient (Wildman–Crippen LogP) is 3.57. The first-order valence-corrected chi connectivity index (χ1v) is 7.93. The van der Waals surface area contributed by atoms with Crippen LogP contribution in [0.3, 0.4) is 0 Å². The Hall–Kier alpha value is -2.86. The minimum Gasteiger partial charge on any atom is -0.497 e. The van der Waals surface area contributed by atoms with Crippen LogP contribution < -0.4 is 4.74 Å². The average Bonchev–Trinajstić information content (AvgIpc) is 2.89. The van der Waals surface area contributed by atoms with Crippen LogP contribution in [0.4, 0.5) is 4.79 Å². The number of hydrogen-bond donors (Lipinski definition) is 0. The first-order valence-electron chi connectivity index (χ1n) is 7.11. The van der Waals surface area contributed by atoms with Gasteiger partial charge in [0.15, 0.2) is 0 Å². The van der Waals surface area contributed by atoms with Gasteiger partial charge in [0.2, 0.25) is 0 Å². The lowest BCUT2D eigenvalue weighted by molar-refractivity contribution is -0.120. The lowest BCUT2D eigenvalue weighted by Gasteiger charge is -2.10. The van der Waals surface area contributed by atoms with Gasteiger partial charge < -0.3 is 4.74 Å². The van der Waals surface area contributed by atoms with Crippen molar-refractivity contribution in [3.8, 4) is 5.75 Å². The molecular formula is C18H13NO4S. The first kappa shape index (κ1) is 16.0. The Morgan fingerprint density at radius 1 is 1.04 bits per heavy atom. The molecule has 5 nitrogen and oxygen atoms in total. The number of amides is 3. The quantitative estimate of drug-likeness (QED) is 0.632. The average molecular weight is 339 g/mol. The summed E-state index contributed by atoms with van der Waals surface area (Å²) in [6, 6.07) is 15.3. The van der Waals surface area contributed by atoms with Crippen LogP contribution in [0.2, 0.25) is 0 Å². The molecule has 0 aromatic heterocycles. The monoisotopic (exact) mass is 339 g/mol. The van der Waals surface area contributed by atoms with Crippen molar-refractivity contribution < 1.29 is 19.1 Å². The number of rotatable bonds is 3. The van der Waals surface area contributed by atoms with Crippen LogP contribution in [0.5, 0.6) is 5.75 Å². The number of nitrogens with zero attached hydrogens (tertiary/aromatic N) is 1. The fraction of sp³-hybridized carbons (Fsp3) is 0.0556. The van der Waals surface area contributed by atoms with Crippen LogP contribution >= 0.6 is 11.8 Å². The van der Waals surface area contributed by atoms with Crippen molar-refractivity contribution in [2.75, 3.05) is 7.11 Å². The summed E-state index contributed by atoms with van der Waals surface area (Å²) in [5.74, 6) is -0.523. The minimum absolute atomic E-state index is 0.217. The molecule has 1 aliphatic rings. The molecule has 0 N–H and O–H groups in total. The maximum Gasteiger partial charge on any atom is 0.300 e. The molecule has 3 amide bonds. The molecule has 1 aliphatic heterocycles. The molecule has 0 spiro atoms. The summed E-state index contributed by atoms with van der Waals surface area (Å²) in [4.78, 5) is 37.8. The molecule has 3 rings (SSSR count). The van der Waals surface area contributed by atoms with E-state index in [1.165, 1.54) is 0 Å². The number of benzene rings is 2. The third-order valence-electron chi connectivity index (χ3n) is 3.43. The summed E-state index contributed by atoms with van der Waals surface area (Å²) in [5, 5.41) is -0.589. The second kappa shape index (κ2) is 6.72. The van der Waals surface area contributed by atoms with E-state index in [1.54, 1.807) is 67.8 Å². The Kier molecular flexibility index (Phi) is 4.48. The second-order valence-electron chi connectivity index (χ2n) is 4.96. The lowest BCUT2D eigenvalue weighted by Crippen LogP contribution is -2.34. The van der Waals surface area contributed by atoms with E-state index in [9.17, 15) is 14.4 Å². The molecule has 1 heterocycles. The zero-order valence-corrected chi connectivity index (χ0v) is 13.6. The van der Waals surface area contributed by atoms with E-state index in [0.29, 0.717) is 16.2 Å². The highest BCUT2D eigenvalue weighted by Crippen LogP contribution is 2.33. The molecule has 0 saturated carbocycles. The summed E-state index contributed by atoms with van der Waals surface area (Å²) in [5.41, 5.74) is 1.04. The van der Waals surface area contributed by atoms with Crippen LogP contribution in [-0.4, -0.2) is 29.1 Å². The van der Waals surface area contributed by atoms with Gasteiger partial charge >= 0.3 is 5.24 Å². The lowest BCUT2D eigenvalue weighted by atomic mass is 10.2. The van der Waals surface area contributed by atoms with Gasteiger partial charge in [-0.1, -0.05) is 30.3 Å². The number of imide groups is 3.